The van der Waals surface area contributed by atoms with Gasteiger partial charge in [-0.1, -0.05) is 0 Å². The van der Waals surface area contributed by atoms with Crippen molar-refractivity contribution < 1.29 is 23.7 Å². The third kappa shape index (κ3) is 4.21. The van der Waals surface area contributed by atoms with Gasteiger partial charge < -0.3 is 20.3 Å². The van der Waals surface area contributed by atoms with Crippen LogP contribution in [0.15, 0.2) is 12.1 Å². The van der Waals surface area contributed by atoms with Gasteiger partial charge in [0.2, 0.25) is 0 Å². The molecule has 4 nitrogen and oxygen atoms in total. The highest BCUT2D eigenvalue weighted by atomic mass is 19.1. The lowest BCUT2D eigenvalue weighted by molar-refractivity contribution is 0.148. The molecule has 0 saturated carbocycles. The van der Waals surface area contributed by atoms with E-state index in [1.807, 2.05) is 0 Å². The second-order valence-electron chi connectivity index (χ2n) is 3.95. The van der Waals surface area contributed by atoms with E-state index in [4.69, 9.17) is 14.9 Å². The number of phenolic OH excluding ortho intramolecular Hbond substituents is 1. The first kappa shape index (κ1) is 14.8. The maximum Gasteiger partial charge on any atom is 0.187 e. The molecule has 0 fully saturated rings. The van der Waals surface area contributed by atoms with Crippen LogP contribution in [0.25, 0.3) is 0 Å². The fourth-order valence-electron chi connectivity index (χ4n) is 1.58. The maximum absolute atomic E-state index is 13.1. The van der Waals surface area contributed by atoms with Gasteiger partial charge in [-0.15, -0.1) is 0 Å². The number of hydrogen-bond donors (Lipinski definition) is 3. The minimum atomic E-state index is -0.989. The molecule has 1 atom stereocenters. The standard InChI is InChI=1S/C12H17F2NO3/c1-18-7-9(2-3-16)15-6-8-4-10(13)12(17)11(14)5-8/h4-5,9,15-17H,2-3,6-7H2,1H3. The van der Waals surface area contributed by atoms with Crippen LogP contribution in [0.2, 0.25) is 0 Å². The number of benzene rings is 1. The van der Waals surface area contributed by atoms with Crippen molar-refractivity contribution >= 4 is 0 Å². The summed E-state index contributed by atoms with van der Waals surface area (Å²) in [6, 6.07) is 2.03. The molecule has 0 spiro atoms. The molecule has 0 heterocycles. The quantitative estimate of drug-likeness (QED) is 0.689. The molecule has 0 radical (unpaired) electrons. The van der Waals surface area contributed by atoms with Crippen molar-refractivity contribution in [3.63, 3.8) is 0 Å². The van der Waals surface area contributed by atoms with E-state index >= 15 is 0 Å². The largest absolute Gasteiger partial charge is 0.503 e. The van der Waals surface area contributed by atoms with Gasteiger partial charge in [0.25, 0.3) is 0 Å². The Morgan fingerprint density at radius 2 is 1.94 bits per heavy atom. The molecule has 0 aliphatic carbocycles. The summed E-state index contributed by atoms with van der Waals surface area (Å²) in [5.74, 6) is -2.95. The van der Waals surface area contributed by atoms with E-state index < -0.39 is 17.4 Å². The zero-order valence-corrected chi connectivity index (χ0v) is 10.1. The van der Waals surface area contributed by atoms with Crippen molar-refractivity contribution in [1.29, 1.82) is 0 Å². The molecule has 1 rings (SSSR count). The summed E-state index contributed by atoms with van der Waals surface area (Å²) < 4.78 is 31.1. The van der Waals surface area contributed by atoms with Crippen LogP contribution in [-0.2, 0) is 11.3 Å². The van der Waals surface area contributed by atoms with E-state index in [0.717, 1.165) is 12.1 Å². The number of ether oxygens (including phenoxy) is 1. The van der Waals surface area contributed by atoms with Crippen molar-refractivity contribution in [2.75, 3.05) is 20.3 Å². The number of aliphatic hydroxyl groups excluding tert-OH is 1. The molecule has 1 aromatic carbocycles. The van der Waals surface area contributed by atoms with Crippen LogP contribution in [0.1, 0.15) is 12.0 Å². The van der Waals surface area contributed by atoms with Gasteiger partial charge in [0.05, 0.1) is 6.61 Å². The van der Waals surface area contributed by atoms with Crippen molar-refractivity contribution in [2.24, 2.45) is 0 Å². The van der Waals surface area contributed by atoms with Crippen LogP contribution in [0.3, 0.4) is 0 Å². The van der Waals surface area contributed by atoms with Gasteiger partial charge in [-0.25, -0.2) is 8.78 Å². The molecule has 0 saturated heterocycles. The number of phenols is 1. The minimum Gasteiger partial charge on any atom is -0.503 e. The van der Waals surface area contributed by atoms with Crippen LogP contribution in [-0.4, -0.2) is 36.6 Å². The van der Waals surface area contributed by atoms with Crippen LogP contribution >= 0.6 is 0 Å². The van der Waals surface area contributed by atoms with Crippen LogP contribution < -0.4 is 5.32 Å². The van der Waals surface area contributed by atoms with E-state index in [0.29, 0.717) is 18.6 Å². The number of methoxy groups -OCH3 is 1. The van der Waals surface area contributed by atoms with Crippen LogP contribution in [0, 0.1) is 11.6 Å². The number of aliphatic hydroxyl groups is 1. The second-order valence-corrected chi connectivity index (χ2v) is 3.95. The van der Waals surface area contributed by atoms with Crippen molar-refractivity contribution in [3.05, 3.63) is 29.3 Å². The summed E-state index contributed by atoms with van der Waals surface area (Å²) in [4.78, 5) is 0. The molecule has 18 heavy (non-hydrogen) atoms. The first-order chi connectivity index (χ1) is 8.58. The first-order valence-corrected chi connectivity index (χ1v) is 5.58. The number of nitrogens with one attached hydrogen (secondary N) is 1. The zero-order chi connectivity index (χ0) is 13.5. The van der Waals surface area contributed by atoms with E-state index in [1.165, 1.54) is 7.11 Å². The van der Waals surface area contributed by atoms with E-state index in [2.05, 4.69) is 5.32 Å². The third-order valence-electron chi connectivity index (χ3n) is 2.52. The molecule has 102 valence electrons. The smallest absolute Gasteiger partial charge is 0.187 e. The summed E-state index contributed by atoms with van der Waals surface area (Å²) in [6.45, 7) is 0.616. The lowest BCUT2D eigenvalue weighted by atomic mass is 10.1. The Morgan fingerprint density at radius 1 is 1.33 bits per heavy atom. The molecule has 0 bridgehead atoms. The fraction of sp³-hybridized carbons (Fsp3) is 0.500. The summed E-state index contributed by atoms with van der Waals surface area (Å²) in [6.07, 6.45) is 0.483. The van der Waals surface area contributed by atoms with Crippen molar-refractivity contribution in [3.8, 4) is 5.75 Å². The van der Waals surface area contributed by atoms with E-state index in [-0.39, 0.29) is 19.2 Å². The SMILES string of the molecule is COCC(CCO)NCc1cc(F)c(O)c(F)c1. The monoisotopic (exact) mass is 261 g/mol. The molecule has 0 aliphatic heterocycles. The van der Waals surface area contributed by atoms with Gasteiger partial charge >= 0.3 is 0 Å². The van der Waals surface area contributed by atoms with Gasteiger partial charge in [0.1, 0.15) is 0 Å². The highest BCUT2D eigenvalue weighted by Crippen LogP contribution is 2.21. The molecule has 6 heteroatoms. The number of rotatable bonds is 7. The molecule has 0 aliphatic rings. The van der Waals surface area contributed by atoms with Gasteiger partial charge in [0, 0.05) is 26.3 Å². The van der Waals surface area contributed by atoms with E-state index in [9.17, 15) is 8.78 Å². The first-order valence-electron chi connectivity index (χ1n) is 5.58. The van der Waals surface area contributed by atoms with Crippen LogP contribution in [0.5, 0.6) is 5.75 Å². The molecular formula is C12H17F2NO3. The Labute approximate surface area is 104 Å². The molecule has 1 unspecified atom stereocenters. The van der Waals surface area contributed by atoms with Crippen molar-refractivity contribution in [2.45, 2.75) is 19.0 Å². The summed E-state index contributed by atoms with van der Waals surface area (Å²) in [7, 11) is 1.53. The summed E-state index contributed by atoms with van der Waals surface area (Å²) in [5.41, 5.74) is 0.377. The Bertz CT molecular complexity index is 359. The van der Waals surface area contributed by atoms with Gasteiger partial charge in [-0.2, -0.15) is 0 Å². The predicted octanol–water partition coefficient (Wildman–Crippen LogP) is 1.16. The highest BCUT2D eigenvalue weighted by Gasteiger charge is 2.11. The molecule has 0 amide bonds. The van der Waals surface area contributed by atoms with Gasteiger partial charge in [-0.3, -0.25) is 0 Å². The lowest BCUT2D eigenvalue weighted by Gasteiger charge is -2.17. The topological polar surface area (TPSA) is 61.7 Å². The second kappa shape index (κ2) is 7.25. The highest BCUT2D eigenvalue weighted by molar-refractivity contribution is 5.29. The average Bonchev–Trinajstić information content (AvgIpc) is 2.33. The van der Waals surface area contributed by atoms with Crippen LogP contribution in [0.4, 0.5) is 8.78 Å². The summed E-state index contributed by atoms with van der Waals surface area (Å²) >= 11 is 0. The number of hydrogen-bond acceptors (Lipinski definition) is 4. The predicted molar refractivity (Wildman–Crippen MR) is 62.2 cm³/mol. The molecule has 0 aromatic heterocycles. The maximum atomic E-state index is 13.1. The fourth-order valence-corrected chi connectivity index (χ4v) is 1.58. The number of halogens is 2. The average molecular weight is 261 g/mol. The Balaban J connectivity index is 2.61. The Kier molecular flexibility index (Phi) is 5.97. The van der Waals surface area contributed by atoms with Crippen molar-refractivity contribution in [1.82, 2.24) is 5.32 Å². The van der Waals surface area contributed by atoms with Gasteiger partial charge in [0.15, 0.2) is 17.4 Å². The normalized spacial score (nSPS) is 12.7. The van der Waals surface area contributed by atoms with Gasteiger partial charge in [-0.05, 0) is 24.1 Å². The molecular weight excluding hydrogens is 244 g/mol. The zero-order valence-electron chi connectivity index (χ0n) is 10.1. The molecule has 1 aromatic rings. The third-order valence-corrected chi connectivity index (χ3v) is 2.52. The summed E-state index contributed by atoms with van der Waals surface area (Å²) in [5, 5.41) is 20.8. The lowest BCUT2D eigenvalue weighted by Crippen LogP contribution is -2.33. The Morgan fingerprint density at radius 3 is 2.44 bits per heavy atom. The number of aromatic hydroxyl groups is 1. The minimum absolute atomic E-state index is 0.000668. The molecule has 3 N–H and O–H groups in total. The van der Waals surface area contributed by atoms with E-state index in [1.54, 1.807) is 0 Å². The Hall–Kier alpha value is -1.24.